The number of aliphatic imine (C=N–C) groups is 1. The topological polar surface area (TPSA) is 36.4 Å². The van der Waals surface area contributed by atoms with Gasteiger partial charge in [-0.15, -0.1) is 0 Å². The Hall–Kier alpha value is -2.03. The Morgan fingerprint density at radius 3 is 2.67 bits per heavy atom. The van der Waals surface area contributed by atoms with Crippen molar-refractivity contribution >= 4 is 16.7 Å². The molecular formula is C18H23N3. The first-order valence-corrected chi connectivity index (χ1v) is 7.77. The summed E-state index contributed by atoms with van der Waals surface area (Å²) in [6.07, 6.45) is 3.73. The predicted octanol–water partition coefficient (Wildman–Crippen LogP) is 2.96. The summed E-state index contributed by atoms with van der Waals surface area (Å²) in [5.41, 5.74) is 1.36. The minimum Gasteiger partial charge on any atom is -0.356 e. The number of guanidine groups is 1. The molecule has 0 aliphatic heterocycles. The van der Waals surface area contributed by atoms with Gasteiger partial charge in [0.1, 0.15) is 0 Å². The molecule has 0 saturated heterocycles. The summed E-state index contributed by atoms with van der Waals surface area (Å²) in [5, 5.41) is 9.39. The lowest BCUT2D eigenvalue weighted by Crippen LogP contribution is -2.39. The predicted molar refractivity (Wildman–Crippen MR) is 89.7 cm³/mol. The molecular weight excluding hydrogens is 258 g/mol. The summed E-state index contributed by atoms with van der Waals surface area (Å²) in [5.74, 6) is 1.78. The lowest BCUT2D eigenvalue weighted by Gasteiger charge is -2.11. The van der Waals surface area contributed by atoms with E-state index < -0.39 is 0 Å². The van der Waals surface area contributed by atoms with Crippen LogP contribution in [0.2, 0.25) is 0 Å². The maximum atomic E-state index is 4.26. The summed E-state index contributed by atoms with van der Waals surface area (Å²) in [6.45, 7) is 1.96. The second-order valence-corrected chi connectivity index (χ2v) is 5.75. The maximum Gasteiger partial charge on any atom is 0.190 e. The second-order valence-electron chi connectivity index (χ2n) is 5.75. The van der Waals surface area contributed by atoms with Crippen molar-refractivity contribution in [2.75, 3.05) is 20.1 Å². The summed E-state index contributed by atoms with van der Waals surface area (Å²) in [7, 11) is 1.83. The highest BCUT2D eigenvalue weighted by Crippen LogP contribution is 2.27. The Labute approximate surface area is 126 Å². The molecule has 0 amide bonds. The lowest BCUT2D eigenvalue weighted by molar-refractivity contribution is 0.734. The third-order valence-corrected chi connectivity index (χ3v) is 4.00. The average Bonchev–Trinajstić information content (AvgIpc) is 3.35. The van der Waals surface area contributed by atoms with Crippen molar-refractivity contribution in [2.45, 2.75) is 19.3 Å². The van der Waals surface area contributed by atoms with Gasteiger partial charge >= 0.3 is 0 Å². The van der Waals surface area contributed by atoms with Gasteiger partial charge in [-0.1, -0.05) is 42.5 Å². The van der Waals surface area contributed by atoms with Crippen molar-refractivity contribution in [3.63, 3.8) is 0 Å². The highest BCUT2D eigenvalue weighted by atomic mass is 15.2. The zero-order chi connectivity index (χ0) is 14.5. The highest BCUT2D eigenvalue weighted by Gasteiger charge is 2.20. The summed E-state index contributed by atoms with van der Waals surface area (Å²) < 4.78 is 0. The fraction of sp³-hybridized carbons (Fsp3) is 0.389. The van der Waals surface area contributed by atoms with Crippen LogP contribution in [0.4, 0.5) is 0 Å². The number of hydrogen-bond acceptors (Lipinski definition) is 1. The first-order chi connectivity index (χ1) is 10.3. The van der Waals surface area contributed by atoms with Crippen LogP contribution in [-0.4, -0.2) is 26.1 Å². The molecule has 0 radical (unpaired) electrons. The van der Waals surface area contributed by atoms with Gasteiger partial charge in [-0.3, -0.25) is 4.99 Å². The third kappa shape index (κ3) is 3.97. The molecule has 1 aliphatic rings. The van der Waals surface area contributed by atoms with E-state index in [4.69, 9.17) is 0 Å². The minimum atomic E-state index is 0.865. The molecule has 0 heterocycles. The molecule has 1 aliphatic carbocycles. The minimum absolute atomic E-state index is 0.865. The largest absolute Gasteiger partial charge is 0.356 e. The van der Waals surface area contributed by atoms with Gasteiger partial charge in [0, 0.05) is 20.1 Å². The lowest BCUT2D eigenvalue weighted by atomic mass is 10.1. The van der Waals surface area contributed by atoms with E-state index >= 15 is 0 Å². The standard InChI is InChI=1S/C18H23N3/c1-19-18(21-13-15-6-7-15)20-11-10-14-8-9-16-4-2-3-5-17(16)12-14/h2-5,8-9,12,15H,6-7,10-11,13H2,1H3,(H2,19,20,21). The van der Waals surface area contributed by atoms with Gasteiger partial charge in [0.05, 0.1) is 0 Å². The van der Waals surface area contributed by atoms with E-state index in [1.54, 1.807) is 0 Å². The van der Waals surface area contributed by atoms with Crippen molar-refractivity contribution in [3.8, 4) is 0 Å². The zero-order valence-electron chi connectivity index (χ0n) is 12.6. The van der Waals surface area contributed by atoms with E-state index in [0.717, 1.165) is 31.4 Å². The van der Waals surface area contributed by atoms with Gasteiger partial charge in [0.25, 0.3) is 0 Å². The van der Waals surface area contributed by atoms with Gasteiger partial charge in [0.15, 0.2) is 5.96 Å². The molecule has 1 fully saturated rings. The van der Waals surface area contributed by atoms with Gasteiger partial charge in [-0.05, 0) is 41.5 Å². The quantitative estimate of drug-likeness (QED) is 0.653. The van der Waals surface area contributed by atoms with Gasteiger partial charge in [0.2, 0.25) is 0 Å². The molecule has 0 unspecified atom stereocenters. The molecule has 3 rings (SSSR count). The van der Waals surface area contributed by atoms with Crippen molar-refractivity contribution in [2.24, 2.45) is 10.9 Å². The number of fused-ring (bicyclic) bond motifs is 1. The van der Waals surface area contributed by atoms with Crippen LogP contribution >= 0.6 is 0 Å². The van der Waals surface area contributed by atoms with Crippen LogP contribution < -0.4 is 10.6 Å². The Balaban J connectivity index is 1.50. The van der Waals surface area contributed by atoms with Crippen molar-refractivity contribution in [3.05, 3.63) is 48.0 Å². The second kappa shape index (κ2) is 6.61. The van der Waals surface area contributed by atoms with Gasteiger partial charge < -0.3 is 10.6 Å². The Morgan fingerprint density at radius 1 is 1.10 bits per heavy atom. The highest BCUT2D eigenvalue weighted by molar-refractivity contribution is 5.83. The number of rotatable bonds is 5. The van der Waals surface area contributed by atoms with E-state index in [-0.39, 0.29) is 0 Å². The Morgan fingerprint density at radius 2 is 1.90 bits per heavy atom. The van der Waals surface area contributed by atoms with Crippen LogP contribution in [-0.2, 0) is 6.42 Å². The van der Waals surface area contributed by atoms with Crippen LogP contribution in [0.1, 0.15) is 18.4 Å². The van der Waals surface area contributed by atoms with Crippen molar-refractivity contribution in [1.82, 2.24) is 10.6 Å². The molecule has 0 atom stereocenters. The van der Waals surface area contributed by atoms with Crippen LogP contribution in [0.25, 0.3) is 10.8 Å². The van der Waals surface area contributed by atoms with E-state index in [0.29, 0.717) is 0 Å². The van der Waals surface area contributed by atoms with E-state index in [2.05, 4.69) is 58.1 Å². The number of hydrogen-bond donors (Lipinski definition) is 2. The molecule has 21 heavy (non-hydrogen) atoms. The molecule has 0 bridgehead atoms. The van der Waals surface area contributed by atoms with Crippen LogP contribution in [0.5, 0.6) is 0 Å². The van der Waals surface area contributed by atoms with Crippen molar-refractivity contribution in [1.29, 1.82) is 0 Å². The molecule has 2 N–H and O–H groups in total. The summed E-state index contributed by atoms with van der Waals surface area (Å²) >= 11 is 0. The third-order valence-electron chi connectivity index (χ3n) is 4.00. The summed E-state index contributed by atoms with van der Waals surface area (Å²) in [4.78, 5) is 4.26. The van der Waals surface area contributed by atoms with Crippen LogP contribution in [0.15, 0.2) is 47.5 Å². The number of nitrogens with zero attached hydrogens (tertiary/aromatic N) is 1. The van der Waals surface area contributed by atoms with Gasteiger partial charge in [-0.2, -0.15) is 0 Å². The normalized spacial score (nSPS) is 15.2. The number of benzene rings is 2. The molecule has 0 aromatic heterocycles. The van der Waals surface area contributed by atoms with Crippen molar-refractivity contribution < 1.29 is 0 Å². The smallest absolute Gasteiger partial charge is 0.190 e. The fourth-order valence-electron chi connectivity index (χ4n) is 2.50. The van der Waals surface area contributed by atoms with Crippen LogP contribution in [0.3, 0.4) is 0 Å². The van der Waals surface area contributed by atoms with Crippen LogP contribution in [0, 0.1) is 5.92 Å². The number of nitrogens with one attached hydrogen (secondary N) is 2. The summed E-state index contributed by atoms with van der Waals surface area (Å²) in [6, 6.07) is 15.2. The maximum absolute atomic E-state index is 4.26. The molecule has 110 valence electrons. The monoisotopic (exact) mass is 281 g/mol. The zero-order valence-corrected chi connectivity index (χ0v) is 12.6. The molecule has 3 heteroatoms. The average molecular weight is 281 g/mol. The van der Waals surface area contributed by atoms with E-state index in [9.17, 15) is 0 Å². The molecule has 2 aromatic carbocycles. The molecule has 2 aromatic rings. The van der Waals surface area contributed by atoms with E-state index in [1.807, 2.05) is 7.05 Å². The molecule has 0 spiro atoms. The fourth-order valence-corrected chi connectivity index (χ4v) is 2.50. The SMILES string of the molecule is CN=C(NCCc1ccc2ccccc2c1)NCC1CC1. The first-order valence-electron chi connectivity index (χ1n) is 7.77. The molecule has 3 nitrogen and oxygen atoms in total. The van der Waals surface area contributed by atoms with Gasteiger partial charge in [-0.25, -0.2) is 0 Å². The Bertz CT molecular complexity index is 629. The van der Waals surface area contributed by atoms with E-state index in [1.165, 1.54) is 29.2 Å². The Kier molecular flexibility index (Phi) is 4.39. The first kappa shape index (κ1) is 13.9. The molecule has 1 saturated carbocycles.